The van der Waals surface area contributed by atoms with Gasteiger partial charge in [-0.15, -0.1) is 11.3 Å². The van der Waals surface area contributed by atoms with Crippen molar-refractivity contribution in [1.82, 2.24) is 9.88 Å². The number of aromatic hydroxyl groups is 1. The molecular weight excluding hydrogens is 384 g/mol. The molecule has 2 aromatic rings. The molecule has 2 heterocycles. The van der Waals surface area contributed by atoms with E-state index in [1.54, 1.807) is 11.3 Å². The minimum Gasteiger partial charge on any atom is -0.507 e. The number of fused-ring (bicyclic) bond motifs is 1. The lowest BCUT2D eigenvalue weighted by molar-refractivity contribution is -0.137. The van der Waals surface area contributed by atoms with Gasteiger partial charge in [0.15, 0.2) is 0 Å². The molecule has 0 radical (unpaired) electrons. The van der Waals surface area contributed by atoms with Crippen LogP contribution in [0.2, 0.25) is 0 Å². The summed E-state index contributed by atoms with van der Waals surface area (Å²) in [7, 11) is 2.15. The number of hydrogen-bond donors (Lipinski definition) is 2. The number of phenolic OH excluding ortho intramolecular Hbond substituents is 1. The maximum absolute atomic E-state index is 10.8. The second kappa shape index (κ2) is 8.84. The van der Waals surface area contributed by atoms with Crippen LogP contribution < -0.4 is 0 Å². The fraction of sp³-hybridized carbons (Fsp3) is 0.565. The van der Waals surface area contributed by atoms with Crippen LogP contribution in [0.3, 0.4) is 0 Å². The molecule has 0 amide bonds. The molecule has 1 aliphatic heterocycles. The number of carbonyl (C=O) groups is 1. The van der Waals surface area contributed by atoms with Crippen LogP contribution in [0.5, 0.6) is 5.75 Å². The number of carboxylic acid groups (broad SMARTS) is 1. The summed E-state index contributed by atoms with van der Waals surface area (Å²) in [5.41, 5.74) is 4.32. The standard InChI is InChI=1S/C23H30N2O3S/c1-25-10-8-17-12-19(21(26)13-18(17)9-11-25)20-14-29-23(24-20)16-5-2-15(3-6-16)4-7-22(27)28/h12-16,26H,2-11H2,1H3,(H,27,28). The molecule has 1 aliphatic carbocycles. The molecule has 0 unspecified atom stereocenters. The minimum atomic E-state index is -0.691. The molecule has 0 bridgehead atoms. The summed E-state index contributed by atoms with van der Waals surface area (Å²) >= 11 is 1.70. The summed E-state index contributed by atoms with van der Waals surface area (Å²) in [6.45, 7) is 2.08. The SMILES string of the molecule is CN1CCc2cc(O)c(-c3csc(C4CCC(CCC(=O)O)CC4)n3)cc2CC1. The Kier molecular flexibility index (Phi) is 6.20. The molecule has 29 heavy (non-hydrogen) atoms. The van der Waals surface area contributed by atoms with Crippen LogP contribution >= 0.6 is 11.3 Å². The van der Waals surface area contributed by atoms with Crippen molar-refractivity contribution >= 4 is 17.3 Å². The van der Waals surface area contributed by atoms with Crippen LogP contribution in [0.1, 0.15) is 60.6 Å². The molecule has 2 aliphatic rings. The number of nitrogens with zero attached hydrogens (tertiary/aromatic N) is 2. The van der Waals surface area contributed by atoms with Crippen molar-refractivity contribution in [3.05, 3.63) is 33.6 Å². The summed E-state index contributed by atoms with van der Waals surface area (Å²) in [6, 6.07) is 4.09. The first-order valence-electron chi connectivity index (χ1n) is 10.7. The van der Waals surface area contributed by atoms with Crippen LogP contribution in [0.15, 0.2) is 17.5 Å². The molecular formula is C23H30N2O3S. The zero-order valence-electron chi connectivity index (χ0n) is 17.1. The van der Waals surface area contributed by atoms with E-state index in [1.807, 2.05) is 6.07 Å². The number of carboxylic acids is 1. The van der Waals surface area contributed by atoms with Gasteiger partial charge in [-0.1, -0.05) is 0 Å². The Morgan fingerprint density at radius 1 is 1.17 bits per heavy atom. The van der Waals surface area contributed by atoms with Gasteiger partial charge in [-0.3, -0.25) is 4.79 Å². The molecule has 4 rings (SSSR count). The normalized spacial score (nSPS) is 22.8. The van der Waals surface area contributed by atoms with E-state index in [-0.39, 0.29) is 6.42 Å². The molecule has 5 nitrogen and oxygen atoms in total. The van der Waals surface area contributed by atoms with Gasteiger partial charge < -0.3 is 15.1 Å². The fourth-order valence-electron chi connectivity index (χ4n) is 4.71. The largest absolute Gasteiger partial charge is 0.507 e. The van der Waals surface area contributed by atoms with Gasteiger partial charge >= 0.3 is 5.97 Å². The van der Waals surface area contributed by atoms with E-state index in [9.17, 15) is 9.90 Å². The number of aliphatic carboxylic acids is 1. The number of likely N-dealkylation sites (N-methyl/N-ethyl adjacent to an activating group) is 1. The Balaban J connectivity index is 1.45. The van der Waals surface area contributed by atoms with E-state index in [0.717, 1.165) is 74.3 Å². The summed E-state index contributed by atoms with van der Waals surface area (Å²) < 4.78 is 0. The third-order valence-corrected chi connectivity index (χ3v) is 7.61. The molecule has 1 aromatic carbocycles. The van der Waals surface area contributed by atoms with E-state index < -0.39 is 5.97 Å². The van der Waals surface area contributed by atoms with E-state index in [4.69, 9.17) is 10.1 Å². The summed E-state index contributed by atoms with van der Waals surface area (Å²) in [5.74, 6) is 0.645. The van der Waals surface area contributed by atoms with E-state index in [0.29, 0.717) is 17.6 Å². The first kappa shape index (κ1) is 20.4. The highest BCUT2D eigenvalue weighted by Crippen LogP contribution is 2.41. The third-order valence-electron chi connectivity index (χ3n) is 6.60. The van der Waals surface area contributed by atoms with Crippen LogP contribution in [0, 0.1) is 5.92 Å². The van der Waals surface area contributed by atoms with Crippen molar-refractivity contribution in [2.75, 3.05) is 20.1 Å². The van der Waals surface area contributed by atoms with E-state index in [1.165, 1.54) is 11.1 Å². The lowest BCUT2D eigenvalue weighted by Crippen LogP contribution is -2.20. The van der Waals surface area contributed by atoms with Crippen molar-refractivity contribution in [1.29, 1.82) is 0 Å². The second-order valence-electron chi connectivity index (χ2n) is 8.66. The molecule has 1 saturated carbocycles. The average molecular weight is 415 g/mol. The third kappa shape index (κ3) is 4.81. The molecule has 0 saturated heterocycles. The number of phenols is 1. The predicted molar refractivity (Wildman–Crippen MR) is 116 cm³/mol. The lowest BCUT2D eigenvalue weighted by atomic mass is 9.80. The van der Waals surface area contributed by atoms with Gasteiger partial charge in [0.25, 0.3) is 0 Å². The van der Waals surface area contributed by atoms with Crippen LogP contribution in [-0.4, -0.2) is 46.2 Å². The van der Waals surface area contributed by atoms with Gasteiger partial charge in [0.2, 0.25) is 0 Å². The monoisotopic (exact) mass is 414 g/mol. The summed E-state index contributed by atoms with van der Waals surface area (Å²) in [6.07, 6.45) is 7.41. The van der Waals surface area contributed by atoms with Crippen molar-refractivity contribution in [3.8, 4) is 17.0 Å². The Hall–Kier alpha value is -1.92. The van der Waals surface area contributed by atoms with Crippen molar-refractivity contribution in [2.45, 2.75) is 57.3 Å². The quantitative estimate of drug-likeness (QED) is 0.743. The molecule has 0 atom stereocenters. The Bertz CT molecular complexity index is 871. The number of thiazole rings is 1. The van der Waals surface area contributed by atoms with Crippen molar-refractivity contribution < 1.29 is 15.0 Å². The molecule has 6 heteroatoms. The first-order chi connectivity index (χ1) is 14.0. The van der Waals surface area contributed by atoms with Gasteiger partial charge in [-0.05, 0) is 81.2 Å². The smallest absolute Gasteiger partial charge is 0.303 e. The van der Waals surface area contributed by atoms with E-state index in [2.05, 4.69) is 23.4 Å². The maximum atomic E-state index is 10.8. The number of benzene rings is 1. The first-order valence-corrected chi connectivity index (χ1v) is 11.6. The van der Waals surface area contributed by atoms with Crippen LogP contribution in [0.4, 0.5) is 0 Å². The topological polar surface area (TPSA) is 73.7 Å². The van der Waals surface area contributed by atoms with Gasteiger partial charge in [-0.2, -0.15) is 0 Å². The van der Waals surface area contributed by atoms with Gasteiger partial charge in [0.1, 0.15) is 5.75 Å². The minimum absolute atomic E-state index is 0.282. The number of aromatic nitrogens is 1. The Morgan fingerprint density at radius 3 is 2.55 bits per heavy atom. The highest BCUT2D eigenvalue weighted by molar-refractivity contribution is 7.10. The number of rotatable bonds is 5. The van der Waals surface area contributed by atoms with Crippen molar-refractivity contribution in [2.24, 2.45) is 5.92 Å². The van der Waals surface area contributed by atoms with Gasteiger partial charge in [0, 0.05) is 36.4 Å². The predicted octanol–water partition coefficient (Wildman–Crippen LogP) is 4.68. The molecule has 156 valence electrons. The summed E-state index contributed by atoms with van der Waals surface area (Å²) in [4.78, 5) is 18.0. The molecule has 1 aromatic heterocycles. The Morgan fingerprint density at radius 2 is 1.86 bits per heavy atom. The summed E-state index contributed by atoms with van der Waals surface area (Å²) in [5, 5.41) is 22.8. The van der Waals surface area contributed by atoms with Gasteiger partial charge in [0.05, 0.1) is 10.7 Å². The Labute approximate surface area is 176 Å². The molecule has 2 N–H and O–H groups in total. The van der Waals surface area contributed by atoms with E-state index >= 15 is 0 Å². The fourth-order valence-corrected chi connectivity index (χ4v) is 5.70. The second-order valence-corrected chi connectivity index (χ2v) is 9.55. The highest BCUT2D eigenvalue weighted by Gasteiger charge is 2.25. The van der Waals surface area contributed by atoms with Crippen LogP contribution in [-0.2, 0) is 17.6 Å². The van der Waals surface area contributed by atoms with Crippen molar-refractivity contribution in [3.63, 3.8) is 0 Å². The maximum Gasteiger partial charge on any atom is 0.303 e. The zero-order chi connectivity index (χ0) is 20.4. The molecule has 1 fully saturated rings. The van der Waals surface area contributed by atoms with Crippen LogP contribution in [0.25, 0.3) is 11.3 Å². The van der Waals surface area contributed by atoms with Gasteiger partial charge in [-0.25, -0.2) is 4.98 Å². The number of hydrogen-bond acceptors (Lipinski definition) is 5. The average Bonchev–Trinajstić information content (AvgIpc) is 3.12. The molecule has 0 spiro atoms. The zero-order valence-corrected chi connectivity index (χ0v) is 17.9. The highest BCUT2D eigenvalue weighted by atomic mass is 32.1. The lowest BCUT2D eigenvalue weighted by Gasteiger charge is -2.26.